The maximum absolute atomic E-state index is 11.4. The Morgan fingerprint density at radius 2 is 1.95 bits per heavy atom. The smallest absolute Gasteiger partial charge is 0.218 e. The predicted molar refractivity (Wildman–Crippen MR) is 77.2 cm³/mol. The van der Waals surface area contributed by atoms with Crippen molar-refractivity contribution in [3.8, 4) is 0 Å². The van der Waals surface area contributed by atoms with Crippen LogP contribution in [0.3, 0.4) is 0 Å². The molecule has 2 atom stereocenters. The van der Waals surface area contributed by atoms with E-state index in [9.17, 15) is 13.5 Å². The Morgan fingerprint density at radius 1 is 1.35 bits per heavy atom. The highest BCUT2D eigenvalue weighted by Gasteiger charge is 2.29. The highest BCUT2D eigenvalue weighted by molar-refractivity contribution is 7.90. The highest BCUT2D eigenvalue weighted by Crippen LogP contribution is 2.25. The van der Waals surface area contributed by atoms with Crippen LogP contribution in [0.2, 0.25) is 0 Å². The number of sulfone groups is 1. The van der Waals surface area contributed by atoms with Crippen LogP contribution in [0.25, 0.3) is 0 Å². The van der Waals surface area contributed by atoms with Crippen molar-refractivity contribution in [2.75, 3.05) is 12.9 Å². The molecule has 8 heteroatoms. The van der Waals surface area contributed by atoms with Crippen molar-refractivity contribution in [3.63, 3.8) is 0 Å². The first-order chi connectivity index (χ1) is 9.29. The van der Waals surface area contributed by atoms with Gasteiger partial charge in [-0.05, 0) is 17.7 Å². The number of aliphatic hydroxyl groups is 1. The maximum atomic E-state index is 11.4. The lowest BCUT2D eigenvalue weighted by molar-refractivity contribution is 0.129. The van der Waals surface area contributed by atoms with E-state index in [0.29, 0.717) is 5.56 Å². The molecule has 2 rings (SSSR count). The zero-order chi connectivity index (χ0) is 14.9. The van der Waals surface area contributed by atoms with Crippen molar-refractivity contribution < 1.29 is 18.3 Å². The Kier molecular flexibility index (Phi) is 4.59. The highest BCUT2D eigenvalue weighted by atomic mass is 35.5. The van der Waals surface area contributed by atoms with Crippen LogP contribution in [0.15, 0.2) is 34.2 Å². The van der Waals surface area contributed by atoms with E-state index >= 15 is 0 Å². The lowest BCUT2D eigenvalue weighted by Crippen LogP contribution is -2.17. The molecule has 1 unspecified atom stereocenters. The maximum Gasteiger partial charge on any atom is 0.218 e. The van der Waals surface area contributed by atoms with E-state index in [0.717, 1.165) is 6.26 Å². The normalized spacial score (nSPS) is 20.6. The Morgan fingerprint density at radius 3 is 2.40 bits per heavy atom. The van der Waals surface area contributed by atoms with Gasteiger partial charge in [-0.15, -0.1) is 0 Å². The van der Waals surface area contributed by atoms with Gasteiger partial charge in [-0.3, -0.25) is 0 Å². The molecular formula is C12H13Cl2NO4S. The number of alkyl halides is 2. The molecule has 0 saturated carbocycles. The molecule has 110 valence electrons. The summed E-state index contributed by atoms with van der Waals surface area (Å²) in [6.07, 6.45) is 0.217. The molecule has 0 bridgehead atoms. The van der Waals surface area contributed by atoms with Crippen LogP contribution in [-0.4, -0.2) is 43.2 Å². The standard InChI is InChI=1S/C12H13Cl2NO4S/c1-20(17,18)8-4-2-7(3-5-8)10(16)9-6-19-12(15-9)11(13)14/h2-5,9-11,16H,6H2,1H3/t9-,10?/m1/s1. The average molecular weight is 338 g/mol. The molecule has 1 aromatic carbocycles. The summed E-state index contributed by atoms with van der Waals surface area (Å²) in [5.74, 6) is 0.185. The van der Waals surface area contributed by atoms with Crippen molar-refractivity contribution in [1.82, 2.24) is 0 Å². The molecule has 1 heterocycles. The monoisotopic (exact) mass is 337 g/mol. The molecule has 1 aliphatic rings. The predicted octanol–water partition coefficient (Wildman–Crippen LogP) is 1.72. The third-order valence-electron chi connectivity index (χ3n) is 2.90. The van der Waals surface area contributed by atoms with E-state index in [1.165, 1.54) is 12.1 Å². The number of ether oxygens (including phenoxy) is 1. The SMILES string of the molecule is CS(=O)(=O)c1ccc(C(O)[C@H]2COC(C(Cl)Cl)=N2)cc1. The van der Waals surface area contributed by atoms with Gasteiger partial charge in [-0.25, -0.2) is 13.4 Å². The van der Waals surface area contributed by atoms with Gasteiger partial charge in [-0.2, -0.15) is 0 Å². The van der Waals surface area contributed by atoms with Crippen molar-refractivity contribution in [2.45, 2.75) is 21.9 Å². The lowest BCUT2D eigenvalue weighted by Gasteiger charge is -2.14. The summed E-state index contributed by atoms with van der Waals surface area (Å²) >= 11 is 11.3. The third-order valence-corrected chi connectivity index (χ3v) is 4.40. The van der Waals surface area contributed by atoms with E-state index in [4.69, 9.17) is 27.9 Å². The molecule has 1 aliphatic heterocycles. The lowest BCUT2D eigenvalue weighted by atomic mass is 10.0. The van der Waals surface area contributed by atoms with Crippen LogP contribution in [0, 0.1) is 0 Å². The molecule has 0 radical (unpaired) electrons. The first-order valence-electron chi connectivity index (χ1n) is 5.76. The fourth-order valence-electron chi connectivity index (χ4n) is 1.82. The van der Waals surface area contributed by atoms with Crippen LogP contribution in [0.4, 0.5) is 0 Å². The zero-order valence-electron chi connectivity index (χ0n) is 10.5. The molecule has 0 aliphatic carbocycles. The van der Waals surface area contributed by atoms with Crippen LogP contribution in [-0.2, 0) is 14.6 Å². The molecule has 1 N–H and O–H groups in total. The van der Waals surface area contributed by atoms with Gasteiger partial charge in [-0.1, -0.05) is 35.3 Å². The second-order valence-corrected chi connectivity index (χ2v) is 7.54. The van der Waals surface area contributed by atoms with Gasteiger partial charge < -0.3 is 9.84 Å². The van der Waals surface area contributed by atoms with Crippen LogP contribution >= 0.6 is 23.2 Å². The van der Waals surface area contributed by atoms with Crippen molar-refractivity contribution in [2.24, 2.45) is 4.99 Å². The molecule has 0 amide bonds. The van der Waals surface area contributed by atoms with E-state index in [1.807, 2.05) is 0 Å². The third kappa shape index (κ3) is 3.44. The van der Waals surface area contributed by atoms with Gasteiger partial charge in [0.2, 0.25) is 5.90 Å². The number of hydrogen-bond donors (Lipinski definition) is 1. The van der Waals surface area contributed by atoms with Crippen LogP contribution in [0.5, 0.6) is 0 Å². The van der Waals surface area contributed by atoms with E-state index in [-0.39, 0.29) is 17.4 Å². The number of nitrogens with zero attached hydrogens (tertiary/aromatic N) is 1. The van der Waals surface area contributed by atoms with Crippen LogP contribution in [0.1, 0.15) is 11.7 Å². The van der Waals surface area contributed by atoms with E-state index in [2.05, 4.69) is 4.99 Å². The molecule has 0 fully saturated rings. The number of hydrogen-bond acceptors (Lipinski definition) is 5. The van der Waals surface area contributed by atoms with E-state index in [1.54, 1.807) is 12.1 Å². The summed E-state index contributed by atoms with van der Waals surface area (Å²) in [6.45, 7) is 0.181. The summed E-state index contributed by atoms with van der Waals surface area (Å²) in [5, 5.41) is 10.2. The Labute approximate surface area is 127 Å². The second-order valence-electron chi connectivity index (χ2n) is 4.43. The molecule has 5 nitrogen and oxygen atoms in total. The van der Waals surface area contributed by atoms with Gasteiger partial charge >= 0.3 is 0 Å². The topological polar surface area (TPSA) is 76.0 Å². The summed E-state index contributed by atoms with van der Waals surface area (Å²) in [6, 6.07) is 5.48. The van der Waals surface area contributed by atoms with Crippen LogP contribution < -0.4 is 0 Å². The fourth-order valence-corrected chi connectivity index (χ4v) is 2.69. The molecule has 0 saturated heterocycles. The Hall–Kier alpha value is -0.820. The van der Waals surface area contributed by atoms with Crippen molar-refractivity contribution in [3.05, 3.63) is 29.8 Å². The fraction of sp³-hybridized carbons (Fsp3) is 0.417. The van der Waals surface area contributed by atoms with Gasteiger partial charge in [0.1, 0.15) is 18.8 Å². The van der Waals surface area contributed by atoms with Gasteiger partial charge in [0.05, 0.1) is 4.90 Å². The number of halogens is 2. The molecule has 0 spiro atoms. The largest absolute Gasteiger partial charge is 0.477 e. The summed E-state index contributed by atoms with van der Waals surface area (Å²) in [7, 11) is -3.25. The van der Waals surface area contributed by atoms with Crippen molar-refractivity contribution >= 4 is 38.9 Å². The van der Waals surface area contributed by atoms with E-state index < -0.39 is 26.8 Å². The van der Waals surface area contributed by atoms with Crippen molar-refractivity contribution in [1.29, 1.82) is 0 Å². The minimum atomic E-state index is -3.25. The summed E-state index contributed by atoms with van der Waals surface area (Å²) < 4.78 is 27.9. The Balaban J connectivity index is 2.17. The molecule has 1 aromatic rings. The second kappa shape index (κ2) is 5.89. The zero-order valence-corrected chi connectivity index (χ0v) is 12.9. The van der Waals surface area contributed by atoms with Gasteiger partial charge in [0.15, 0.2) is 14.7 Å². The average Bonchev–Trinajstić information content (AvgIpc) is 2.86. The Bertz CT molecular complexity index is 613. The number of benzene rings is 1. The molecule has 0 aromatic heterocycles. The minimum Gasteiger partial charge on any atom is -0.477 e. The number of aliphatic hydroxyl groups excluding tert-OH is 1. The first-order valence-corrected chi connectivity index (χ1v) is 8.52. The first kappa shape index (κ1) is 15.6. The summed E-state index contributed by atoms with van der Waals surface area (Å²) in [4.78, 5) is 3.43. The molecular weight excluding hydrogens is 325 g/mol. The number of rotatable bonds is 4. The quantitative estimate of drug-likeness (QED) is 0.849. The minimum absolute atomic E-state index is 0.181. The van der Waals surface area contributed by atoms with Gasteiger partial charge in [0, 0.05) is 6.26 Å². The molecule has 20 heavy (non-hydrogen) atoms. The number of aliphatic imine (C=N–C) groups is 1. The van der Waals surface area contributed by atoms with Gasteiger partial charge in [0.25, 0.3) is 0 Å². The summed E-state index contributed by atoms with van der Waals surface area (Å²) in [5.41, 5.74) is 0.552.